The van der Waals surface area contributed by atoms with Crippen molar-refractivity contribution in [1.29, 1.82) is 0 Å². The summed E-state index contributed by atoms with van der Waals surface area (Å²) in [5.74, 6) is 0.124. The van der Waals surface area contributed by atoms with Gasteiger partial charge in [-0.2, -0.15) is 0 Å². The predicted octanol–water partition coefficient (Wildman–Crippen LogP) is 1.19. The average Bonchev–Trinajstić information content (AvgIpc) is 2.63. The molecule has 1 atom stereocenters. The lowest BCUT2D eigenvalue weighted by molar-refractivity contribution is 0.0946. The standard InChI is InChI=1S/C17H28ClN3O4/c1-4-21(5-2)7-6-19-17(24)13-8-14(18)15(9-16(13)25-3)20-10-12(23)11-22/h8-9,12,20,22-23H,4-7,10-11H2,1-3H3,(H,19,24). The maximum atomic E-state index is 12.4. The summed E-state index contributed by atoms with van der Waals surface area (Å²) in [7, 11) is 1.47. The van der Waals surface area contributed by atoms with E-state index >= 15 is 0 Å². The van der Waals surface area contributed by atoms with Crippen molar-refractivity contribution in [3.8, 4) is 5.75 Å². The van der Waals surface area contributed by atoms with Crippen molar-refractivity contribution in [2.75, 3.05) is 51.8 Å². The molecule has 0 aliphatic rings. The number of methoxy groups -OCH3 is 1. The fourth-order valence-electron chi connectivity index (χ4n) is 2.29. The van der Waals surface area contributed by atoms with E-state index in [2.05, 4.69) is 29.4 Å². The summed E-state index contributed by atoms with van der Waals surface area (Å²) in [6.45, 7) is 7.10. The molecule has 0 fully saturated rings. The largest absolute Gasteiger partial charge is 0.496 e. The minimum absolute atomic E-state index is 0.134. The highest BCUT2D eigenvalue weighted by atomic mass is 35.5. The highest BCUT2D eigenvalue weighted by molar-refractivity contribution is 6.33. The van der Waals surface area contributed by atoms with Gasteiger partial charge in [0.05, 0.1) is 36.1 Å². The Balaban J connectivity index is 2.78. The van der Waals surface area contributed by atoms with Crippen LogP contribution in [0.15, 0.2) is 12.1 Å². The van der Waals surface area contributed by atoms with Crippen molar-refractivity contribution >= 4 is 23.2 Å². The van der Waals surface area contributed by atoms with Crippen LogP contribution >= 0.6 is 11.6 Å². The molecule has 1 aromatic rings. The van der Waals surface area contributed by atoms with Crippen molar-refractivity contribution in [2.24, 2.45) is 0 Å². The molecule has 0 aliphatic carbocycles. The van der Waals surface area contributed by atoms with Gasteiger partial charge in [-0.05, 0) is 19.2 Å². The van der Waals surface area contributed by atoms with Gasteiger partial charge in [-0.1, -0.05) is 25.4 Å². The quantitative estimate of drug-likeness (QED) is 0.465. The van der Waals surface area contributed by atoms with Gasteiger partial charge in [-0.3, -0.25) is 4.79 Å². The maximum Gasteiger partial charge on any atom is 0.255 e. The number of aliphatic hydroxyl groups is 2. The summed E-state index contributed by atoms with van der Waals surface area (Å²) < 4.78 is 5.28. The van der Waals surface area contributed by atoms with Crippen LogP contribution in [-0.4, -0.2) is 73.6 Å². The van der Waals surface area contributed by atoms with Crippen LogP contribution in [0.1, 0.15) is 24.2 Å². The van der Waals surface area contributed by atoms with E-state index in [0.29, 0.717) is 28.6 Å². The summed E-state index contributed by atoms with van der Waals surface area (Å²) >= 11 is 6.21. The SMILES string of the molecule is CCN(CC)CCNC(=O)c1cc(Cl)c(NCC(O)CO)cc1OC. The van der Waals surface area contributed by atoms with Gasteiger partial charge in [0.25, 0.3) is 5.91 Å². The number of hydrogen-bond acceptors (Lipinski definition) is 6. The number of carbonyl (C=O) groups is 1. The first-order valence-corrected chi connectivity index (χ1v) is 8.75. The summed E-state index contributed by atoms with van der Waals surface area (Å²) in [5.41, 5.74) is 0.867. The van der Waals surface area contributed by atoms with E-state index in [1.165, 1.54) is 13.2 Å². The number of ether oxygens (including phenoxy) is 1. The lowest BCUT2D eigenvalue weighted by Gasteiger charge is -2.19. The highest BCUT2D eigenvalue weighted by Crippen LogP contribution is 2.31. The predicted molar refractivity (Wildman–Crippen MR) is 99.7 cm³/mol. The van der Waals surface area contributed by atoms with Crippen LogP contribution in [-0.2, 0) is 0 Å². The van der Waals surface area contributed by atoms with E-state index < -0.39 is 6.10 Å². The number of halogens is 1. The Hall–Kier alpha value is -1.54. The first-order chi connectivity index (χ1) is 12.0. The zero-order chi connectivity index (χ0) is 18.8. The van der Waals surface area contributed by atoms with E-state index in [1.807, 2.05) is 0 Å². The lowest BCUT2D eigenvalue weighted by atomic mass is 10.1. The molecule has 0 radical (unpaired) electrons. The Morgan fingerprint density at radius 3 is 2.60 bits per heavy atom. The van der Waals surface area contributed by atoms with E-state index in [1.54, 1.807) is 6.07 Å². The van der Waals surface area contributed by atoms with Crippen LogP contribution in [0.4, 0.5) is 5.69 Å². The van der Waals surface area contributed by atoms with Gasteiger partial charge in [0, 0.05) is 25.7 Å². The number of amides is 1. The zero-order valence-corrected chi connectivity index (χ0v) is 15.8. The first-order valence-electron chi connectivity index (χ1n) is 8.37. The van der Waals surface area contributed by atoms with Crippen molar-refractivity contribution in [2.45, 2.75) is 20.0 Å². The molecule has 0 saturated heterocycles. The number of likely N-dealkylation sites (N-methyl/N-ethyl adjacent to an activating group) is 1. The second-order valence-corrected chi connectivity index (χ2v) is 5.94. The number of aliphatic hydroxyl groups excluding tert-OH is 2. The second kappa shape index (κ2) is 11.1. The van der Waals surface area contributed by atoms with Crippen molar-refractivity contribution in [3.05, 3.63) is 22.7 Å². The fraction of sp³-hybridized carbons (Fsp3) is 0.588. The van der Waals surface area contributed by atoms with Crippen LogP contribution in [0, 0.1) is 0 Å². The Labute approximate surface area is 153 Å². The van der Waals surface area contributed by atoms with Crippen molar-refractivity contribution < 1.29 is 19.7 Å². The molecular weight excluding hydrogens is 346 g/mol. The molecule has 1 rings (SSSR count). The lowest BCUT2D eigenvalue weighted by Crippen LogP contribution is -2.35. The number of rotatable bonds is 11. The van der Waals surface area contributed by atoms with Gasteiger partial charge in [-0.25, -0.2) is 0 Å². The molecule has 25 heavy (non-hydrogen) atoms. The van der Waals surface area contributed by atoms with Crippen molar-refractivity contribution in [3.63, 3.8) is 0 Å². The molecule has 1 unspecified atom stereocenters. The Morgan fingerprint density at radius 2 is 2.04 bits per heavy atom. The van der Waals surface area contributed by atoms with Gasteiger partial charge < -0.3 is 30.5 Å². The van der Waals surface area contributed by atoms with Gasteiger partial charge in [0.2, 0.25) is 0 Å². The highest BCUT2D eigenvalue weighted by Gasteiger charge is 2.16. The molecule has 0 aliphatic heterocycles. The van der Waals surface area contributed by atoms with Crippen LogP contribution in [0.25, 0.3) is 0 Å². The molecule has 1 aromatic carbocycles. The number of carbonyl (C=O) groups excluding carboxylic acids is 1. The van der Waals surface area contributed by atoms with E-state index in [0.717, 1.165) is 19.6 Å². The van der Waals surface area contributed by atoms with E-state index in [4.69, 9.17) is 21.4 Å². The van der Waals surface area contributed by atoms with Crippen LogP contribution in [0.2, 0.25) is 5.02 Å². The monoisotopic (exact) mass is 373 g/mol. The molecule has 0 spiro atoms. The molecule has 0 aromatic heterocycles. The van der Waals surface area contributed by atoms with Gasteiger partial charge in [-0.15, -0.1) is 0 Å². The molecule has 142 valence electrons. The number of anilines is 1. The molecular formula is C17H28ClN3O4. The van der Waals surface area contributed by atoms with Gasteiger partial charge in [0.1, 0.15) is 5.75 Å². The topological polar surface area (TPSA) is 94.1 Å². The minimum Gasteiger partial charge on any atom is -0.496 e. The molecule has 8 heteroatoms. The van der Waals surface area contributed by atoms with Gasteiger partial charge >= 0.3 is 0 Å². The Morgan fingerprint density at radius 1 is 1.36 bits per heavy atom. The third kappa shape index (κ3) is 6.70. The third-order valence-corrected chi connectivity index (χ3v) is 4.19. The summed E-state index contributed by atoms with van der Waals surface area (Å²) in [4.78, 5) is 14.6. The molecule has 7 nitrogen and oxygen atoms in total. The molecule has 0 bridgehead atoms. The number of nitrogens with zero attached hydrogens (tertiary/aromatic N) is 1. The number of nitrogens with one attached hydrogen (secondary N) is 2. The third-order valence-electron chi connectivity index (χ3n) is 3.88. The maximum absolute atomic E-state index is 12.4. The van der Waals surface area contributed by atoms with Crippen LogP contribution in [0.5, 0.6) is 5.75 Å². The molecule has 1 amide bonds. The zero-order valence-electron chi connectivity index (χ0n) is 15.0. The summed E-state index contributed by atoms with van der Waals surface area (Å²) in [6.07, 6.45) is -0.898. The molecule has 4 N–H and O–H groups in total. The van der Waals surface area contributed by atoms with Crippen molar-refractivity contribution in [1.82, 2.24) is 10.2 Å². The van der Waals surface area contributed by atoms with E-state index in [9.17, 15) is 9.90 Å². The van der Waals surface area contributed by atoms with E-state index in [-0.39, 0.29) is 19.1 Å². The van der Waals surface area contributed by atoms with Crippen LogP contribution in [0.3, 0.4) is 0 Å². The Kier molecular flexibility index (Phi) is 9.59. The fourth-order valence-corrected chi connectivity index (χ4v) is 2.52. The Bertz CT molecular complexity index is 553. The average molecular weight is 374 g/mol. The molecule has 0 heterocycles. The van der Waals surface area contributed by atoms with Gasteiger partial charge in [0.15, 0.2) is 0 Å². The number of hydrogen-bond donors (Lipinski definition) is 4. The molecule has 0 saturated carbocycles. The number of benzene rings is 1. The summed E-state index contributed by atoms with van der Waals surface area (Å²) in [5, 5.41) is 24.4. The second-order valence-electron chi connectivity index (χ2n) is 5.53. The summed E-state index contributed by atoms with van der Waals surface area (Å²) in [6, 6.07) is 3.13. The first kappa shape index (κ1) is 21.5. The minimum atomic E-state index is -0.898. The van der Waals surface area contributed by atoms with Crippen LogP contribution < -0.4 is 15.4 Å². The smallest absolute Gasteiger partial charge is 0.255 e. The normalized spacial score (nSPS) is 12.1.